The molecule has 1 aliphatic heterocycles. The van der Waals surface area contributed by atoms with Crippen LogP contribution in [0.1, 0.15) is 6.92 Å². The predicted octanol–water partition coefficient (Wildman–Crippen LogP) is 4.15. The molecule has 0 atom stereocenters. The number of ether oxygens (including phenoxy) is 1. The standard InChI is InChI=1S/C17H16N2O/c1-2-19-15-10-6-7-11-16(15)20-17(19)12-13-18-14-8-4-3-5-9-14/h3-13H,2H2,1H3/b17-12+,18-13?. The fraction of sp³-hybridized carbons (Fsp3) is 0.118. The highest BCUT2D eigenvalue weighted by Crippen LogP contribution is 2.37. The summed E-state index contributed by atoms with van der Waals surface area (Å²) in [7, 11) is 0. The van der Waals surface area contributed by atoms with Crippen molar-refractivity contribution < 1.29 is 4.74 Å². The van der Waals surface area contributed by atoms with Crippen molar-refractivity contribution in [2.24, 2.45) is 4.99 Å². The van der Waals surface area contributed by atoms with E-state index in [-0.39, 0.29) is 0 Å². The minimum absolute atomic E-state index is 0.813. The number of allylic oxidation sites excluding steroid dienone is 1. The highest BCUT2D eigenvalue weighted by atomic mass is 16.5. The third kappa shape index (κ3) is 2.43. The van der Waals surface area contributed by atoms with Crippen molar-refractivity contribution in [2.75, 3.05) is 11.4 Å². The summed E-state index contributed by atoms with van der Waals surface area (Å²) in [6, 6.07) is 17.9. The van der Waals surface area contributed by atoms with E-state index in [0.717, 1.165) is 29.6 Å². The van der Waals surface area contributed by atoms with Gasteiger partial charge < -0.3 is 9.64 Å². The molecule has 2 aromatic rings. The minimum Gasteiger partial charge on any atom is -0.439 e. The maximum Gasteiger partial charge on any atom is 0.202 e. The normalized spacial score (nSPS) is 15.7. The largest absolute Gasteiger partial charge is 0.439 e. The molecule has 0 aromatic heterocycles. The van der Waals surface area contributed by atoms with Crippen molar-refractivity contribution in [1.82, 2.24) is 0 Å². The van der Waals surface area contributed by atoms with Gasteiger partial charge in [-0.2, -0.15) is 0 Å². The Bertz CT molecular complexity index is 647. The van der Waals surface area contributed by atoms with Crippen molar-refractivity contribution in [3.63, 3.8) is 0 Å². The molecule has 1 heterocycles. The number of aliphatic imine (C=N–C) groups is 1. The van der Waals surface area contributed by atoms with Crippen molar-refractivity contribution in [1.29, 1.82) is 0 Å². The lowest BCUT2D eigenvalue weighted by Gasteiger charge is -2.14. The quantitative estimate of drug-likeness (QED) is 0.778. The fourth-order valence-corrected chi connectivity index (χ4v) is 2.20. The molecule has 100 valence electrons. The van der Waals surface area contributed by atoms with Gasteiger partial charge in [0.05, 0.1) is 11.4 Å². The van der Waals surface area contributed by atoms with Crippen LogP contribution >= 0.6 is 0 Å². The molecule has 0 aliphatic carbocycles. The van der Waals surface area contributed by atoms with Crippen molar-refractivity contribution >= 4 is 17.6 Å². The molecule has 0 bridgehead atoms. The summed E-state index contributed by atoms with van der Waals surface area (Å²) in [5.41, 5.74) is 2.04. The summed E-state index contributed by atoms with van der Waals surface area (Å²) in [6.45, 7) is 2.97. The Balaban J connectivity index is 1.81. The van der Waals surface area contributed by atoms with Gasteiger partial charge in [-0.3, -0.25) is 4.99 Å². The van der Waals surface area contributed by atoms with E-state index in [1.165, 1.54) is 0 Å². The van der Waals surface area contributed by atoms with Crippen LogP contribution < -0.4 is 9.64 Å². The average Bonchev–Trinajstić information content (AvgIpc) is 2.86. The molecule has 0 fully saturated rings. The number of anilines is 1. The summed E-state index contributed by atoms with van der Waals surface area (Å²) in [5, 5.41) is 0. The minimum atomic E-state index is 0.813. The van der Waals surface area contributed by atoms with Gasteiger partial charge in [0.1, 0.15) is 0 Å². The summed E-state index contributed by atoms with van der Waals surface area (Å²) in [6.07, 6.45) is 3.68. The number of hydrogen-bond acceptors (Lipinski definition) is 3. The van der Waals surface area contributed by atoms with Gasteiger partial charge in [0.25, 0.3) is 0 Å². The Morgan fingerprint density at radius 1 is 1.05 bits per heavy atom. The molecule has 0 saturated carbocycles. The van der Waals surface area contributed by atoms with Gasteiger partial charge >= 0.3 is 0 Å². The van der Waals surface area contributed by atoms with E-state index in [0.29, 0.717) is 0 Å². The molecule has 0 amide bonds. The molecule has 0 N–H and O–H groups in total. The summed E-state index contributed by atoms with van der Waals surface area (Å²) < 4.78 is 5.84. The van der Waals surface area contributed by atoms with Crippen molar-refractivity contribution in [3.8, 4) is 5.75 Å². The monoisotopic (exact) mass is 264 g/mol. The van der Waals surface area contributed by atoms with Gasteiger partial charge in [-0.15, -0.1) is 0 Å². The first-order valence-corrected chi connectivity index (χ1v) is 6.72. The van der Waals surface area contributed by atoms with Crippen LogP contribution in [0, 0.1) is 0 Å². The highest BCUT2D eigenvalue weighted by Gasteiger charge is 2.23. The molecule has 0 radical (unpaired) electrons. The second kappa shape index (κ2) is 5.61. The van der Waals surface area contributed by atoms with Gasteiger partial charge in [0, 0.05) is 18.8 Å². The Kier molecular flexibility index (Phi) is 3.50. The molecule has 1 aliphatic rings. The second-order valence-corrected chi connectivity index (χ2v) is 4.43. The molecule has 3 rings (SSSR count). The summed E-state index contributed by atoms with van der Waals surface area (Å²) in [5.74, 6) is 1.71. The van der Waals surface area contributed by atoms with E-state index >= 15 is 0 Å². The third-order valence-electron chi connectivity index (χ3n) is 3.15. The Morgan fingerprint density at radius 3 is 2.60 bits per heavy atom. The molecule has 0 saturated heterocycles. The molecule has 3 heteroatoms. The van der Waals surface area contributed by atoms with Crippen LogP contribution in [0.4, 0.5) is 11.4 Å². The van der Waals surface area contributed by atoms with E-state index in [4.69, 9.17) is 4.74 Å². The van der Waals surface area contributed by atoms with Gasteiger partial charge in [0.15, 0.2) is 5.75 Å². The van der Waals surface area contributed by atoms with Crippen LogP contribution in [-0.2, 0) is 0 Å². The molecular weight excluding hydrogens is 248 g/mol. The molecule has 2 aromatic carbocycles. The first-order chi connectivity index (χ1) is 9.88. The van der Waals surface area contributed by atoms with E-state index in [1.807, 2.05) is 54.6 Å². The zero-order valence-electron chi connectivity index (χ0n) is 11.4. The lowest BCUT2D eigenvalue weighted by Crippen LogP contribution is -2.19. The second-order valence-electron chi connectivity index (χ2n) is 4.43. The zero-order valence-corrected chi connectivity index (χ0v) is 11.4. The van der Waals surface area contributed by atoms with Crippen molar-refractivity contribution in [3.05, 3.63) is 66.6 Å². The van der Waals surface area contributed by atoms with Crippen LogP contribution in [0.15, 0.2) is 71.5 Å². The zero-order chi connectivity index (χ0) is 13.8. The Morgan fingerprint density at radius 2 is 1.80 bits per heavy atom. The lowest BCUT2D eigenvalue weighted by atomic mass is 10.3. The van der Waals surface area contributed by atoms with E-state index in [9.17, 15) is 0 Å². The van der Waals surface area contributed by atoms with E-state index in [2.05, 4.69) is 22.9 Å². The molecule has 0 unspecified atom stereocenters. The highest BCUT2D eigenvalue weighted by molar-refractivity contribution is 5.78. The number of benzene rings is 2. The topological polar surface area (TPSA) is 24.8 Å². The Labute approximate surface area is 118 Å². The maximum atomic E-state index is 5.84. The first kappa shape index (κ1) is 12.5. The van der Waals surface area contributed by atoms with Crippen LogP contribution in [0.3, 0.4) is 0 Å². The number of fused-ring (bicyclic) bond motifs is 1. The lowest BCUT2D eigenvalue weighted by molar-refractivity contribution is 0.441. The molecule has 20 heavy (non-hydrogen) atoms. The van der Waals surface area contributed by atoms with Crippen molar-refractivity contribution in [2.45, 2.75) is 6.92 Å². The number of hydrogen-bond donors (Lipinski definition) is 0. The van der Waals surface area contributed by atoms with Gasteiger partial charge in [-0.05, 0) is 31.2 Å². The number of para-hydroxylation sites is 3. The van der Waals surface area contributed by atoms with E-state index in [1.54, 1.807) is 6.21 Å². The van der Waals surface area contributed by atoms with Gasteiger partial charge in [-0.25, -0.2) is 0 Å². The van der Waals surface area contributed by atoms with Crippen LogP contribution in [0.2, 0.25) is 0 Å². The van der Waals surface area contributed by atoms with Crippen LogP contribution in [0.25, 0.3) is 0 Å². The van der Waals surface area contributed by atoms with Gasteiger partial charge in [0.2, 0.25) is 5.88 Å². The Hall–Kier alpha value is -2.55. The SMILES string of the molecule is CCN1/C(=C\C=Nc2ccccc2)Oc2ccccc21. The molecule has 0 spiro atoms. The molecular formula is C17H16N2O. The molecule has 3 nitrogen and oxygen atoms in total. The summed E-state index contributed by atoms with van der Waals surface area (Å²) in [4.78, 5) is 6.52. The number of nitrogens with zero attached hydrogens (tertiary/aromatic N) is 2. The third-order valence-corrected chi connectivity index (χ3v) is 3.15. The van der Waals surface area contributed by atoms with E-state index < -0.39 is 0 Å². The van der Waals surface area contributed by atoms with Crippen LogP contribution in [0.5, 0.6) is 5.75 Å². The summed E-state index contributed by atoms with van der Waals surface area (Å²) >= 11 is 0. The average molecular weight is 264 g/mol. The maximum absolute atomic E-state index is 5.84. The fourth-order valence-electron chi connectivity index (χ4n) is 2.20. The van der Waals surface area contributed by atoms with Gasteiger partial charge in [-0.1, -0.05) is 30.3 Å². The number of rotatable bonds is 3. The van der Waals surface area contributed by atoms with Crippen LogP contribution in [-0.4, -0.2) is 12.8 Å². The predicted molar refractivity (Wildman–Crippen MR) is 82.8 cm³/mol. The first-order valence-electron chi connectivity index (χ1n) is 6.72. The smallest absolute Gasteiger partial charge is 0.202 e.